The number of carbonyl (C=O) groups excluding carboxylic acids is 1. The van der Waals surface area contributed by atoms with Gasteiger partial charge in [-0.15, -0.1) is 0 Å². The van der Waals surface area contributed by atoms with Gasteiger partial charge in [-0.1, -0.05) is 24.3 Å². The highest BCUT2D eigenvalue weighted by Crippen LogP contribution is 2.45. The van der Waals surface area contributed by atoms with E-state index in [0.717, 1.165) is 61.6 Å². The summed E-state index contributed by atoms with van der Waals surface area (Å²) in [5.74, 6) is -3.35. The van der Waals surface area contributed by atoms with E-state index in [9.17, 15) is 26.4 Å². The van der Waals surface area contributed by atoms with Crippen LogP contribution >= 0.6 is 0 Å². The number of sulfonamides is 1. The lowest BCUT2D eigenvalue weighted by Gasteiger charge is -2.45. The number of rotatable bonds is 9. The maximum Gasteiger partial charge on any atom is 0.260 e. The Bertz CT molecular complexity index is 1980. The number of aromatic nitrogens is 2. The SMILES string of the molecule is Cc1nc2ccccc2n1C1CC2CCC(C1)N2CCC1(c2cccc(F)c2)CCN(C(=O)COc2c(F)ccc(S(N)(=O)=O)c2F)CC1. The number of fused-ring (bicyclic) bond motifs is 3. The summed E-state index contributed by atoms with van der Waals surface area (Å²) in [4.78, 5) is 21.3. The Hall–Kier alpha value is -3.94. The molecule has 3 aliphatic rings. The van der Waals surface area contributed by atoms with Crippen LogP contribution < -0.4 is 9.88 Å². The van der Waals surface area contributed by atoms with Crippen molar-refractivity contribution in [2.45, 2.75) is 80.3 Å². The van der Waals surface area contributed by atoms with Crippen molar-refractivity contribution in [3.05, 3.63) is 89.5 Å². The van der Waals surface area contributed by atoms with Crippen LogP contribution in [0, 0.1) is 24.4 Å². The van der Waals surface area contributed by atoms with Crippen molar-refractivity contribution in [2.75, 3.05) is 26.2 Å². The number of imidazole rings is 1. The number of nitrogens with two attached hydrogens (primary N) is 1. The molecule has 2 N–H and O–H groups in total. The molecule has 3 aromatic carbocycles. The number of hydrogen-bond acceptors (Lipinski definition) is 6. The van der Waals surface area contributed by atoms with E-state index in [0.29, 0.717) is 50.1 Å². The first kappa shape index (κ1) is 33.6. The van der Waals surface area contributed by atoms with Gasteiger partial charge in [0.1, 0.15) is 16.5 Å². The number of benzene rings is 3. The molecule has 3 saturated heterocycles. The van der Waals surface area contributed by atoms with Crippen molar-refractivity contribution in [1.29, 1.82) is 0 Å². The van der Waals surface area contributed by atoms with Gasteiger partial charge in [0.15, 0.2) is 24.0 Å². The number of amides is 1. The largest absolute Gasteiger partial charge is 0.478 e. The molecule has 9 nitrogen and oxygen atoms in total. The average molecular weight is 696 g/mol. The zero-order chi connectivity index (χ0) is 34.5. The van der Waals surface area contributed by atoms with Gasteiger partial charge in [0.2, 0.25) is 10.0 Å². The number of ether oxygens (including phenoxy) is 1. The molecule has 0 spiro atoms. The number of primary sulfonamides is 1. The Morgan fingerprint density at radius 2 is 1.69 bits per heavy atom. The number of likely N-dealkylation sites (tertiary alicyclic amines) is 1. The van der Waals surface area contributed by atoms with Crippen molar-refractivity contribution in [2.24, 2.45) is 5.14 Å². The molecule has 2 bridgehead atoms. The van der Waals surface area contributed by atoms with E-state index < -0.39 is 44.8 Å². The van der Waals surface area contributed by atoms with E-state index in [-0.39, 0.29) is 11.2 Å². The molecule has 0 saturated carbocycles. The number of piperidine rings is 2. The topological polar surface area (TPSA) is 111 Å². The van der Waals surface area contributed by atoms with Crippen LogP contribution in [-0.2, 0) is 20.2 Å². The number of aryl methyl sites for hydroxylation is 1. The molecule has 3 fully saturated rings. The Kier molecular flexibility index (Phi) is 8.95. The Morgan fingerprint density at radius 1 is 0.980 bits per heavy atom. The van der Waals surface area contributed by atoms with Crippen LogP contribution in [0.4, 0.5) is 13.2 Å². The van der Waals surface area contributed by atoms with Gasteiger partial charge in [-0.3, -0.25) is 9.69 Å². The Labute approximate surface area is 283 Å². The molecule has 49 heavy (non-hydrogen) atoms. The summed E-state index contributed by atoms with van der Waals surface area (Å²) < 4.78 is 74.6. The summed E-state index contributed by atoms with van der Waals surface area (Å²) in [6, 6.07) is 17.7. The second kappa shape index (κ2) is 13.1. The van der Waals surface area contributed by atoms with E-state index in [2.05, 4.69) is 34.6 Å². The first-order valence-electron chi connectivity index (χ1n) is 16.8. The third-order valence-electron chi connectivity index (χ3n) is 11.0. The summed E-state index contributed by atoms with van der Waals surface area (Å²) >= 11 is 0. The highest BCUT2D eigenvalue weighted by molar-refractivity contribution is 7.89. The summed E-state index contributed by atoms with van der Waals surface area (Å²) in [5, 5.41) is 5.02. The van der Waals surface area contributed by atoms with Crippen LogP contribution in [0.3, 0.4) is 0 Å². The highest BCUT2D eigenvalue weighted by Gasteiger charge is 2.44. The normalized spacial score (nSPS) is 22.5. The van der Waals surface area contributed by atoms with Gasteiger partial charge in [0.05, 0.1) is 11.0 Å². The molecule has 4 aromatic rings. The van der Waals surface area contributed by atoms with Crippen LogP contribution in [0.5, 0.6) is 5.75 Å². The molecule has 13 heteroatoms. The molecule has 260 valence electrons. The van der Waals surface area contributed by atoms with E-state index in [4.69, 9.17) is 14.9 Å². The van der Waals surface area contributed by atoms with E-state index in [1.807, 2.05) is 12.1 Å². The second-order valence-corrected chi connectivity index (χ2v) is 15.2. The van der Waals surface area contributed by atoms with Crippen molar-refractivity contribution < 1.29 is 31.1 Å². The quantitative estimate of drug-likeness (QED) is 0.244. The minimum absolute atomic E-state index is 0.307. The minimum atomic E-state index is -4.46. The minimum Gasteiger partial charge on any atom is -0.478 e. The van der Waals surface area contributed by atoms with Gasteiger partial charge in [0.25, 0.3) is 5.91 Å². The van der Waals surface area contributed by atoms with Crippen LogP contribution in [0.2, 0.25) is 0 Å². The standard InChI is InChI=1S/C36H40F3N5O4S/c1-23-41-30-7-2-3-8-31(30)44(23)28-20-26-9-10-27(21-28)43(26)18-15-36(24-5-4-6-25(37)19-24)13-16-42(17-14-36)33(45)22-48-35-29(38)11-12-32(34(35)39)49(40,46)47/h2-8,11-12,19,26-28H,9-10,13-18,20-22H2,1H3,(H2,40,46,47). The number of nitrogens with zero attached hydrogens (tertiary/aromatic N) is 4. The molecule has 2 unspecified atom stereocenters. The molecule has 4 heterocycles. The number of para-hydroxylation sites is 2. The fraction of sp³-hybridized carbons (Fsp3) is 0.444. The van der Waals surface area contributed by atoms with Gasteiger partial charge in [-0.05, 0) is 106 Å². The lowest BCUT2D eigenvalue weighted by molar-refractivity contribution is -0.135. The monoisotopic (exact) mass is 695 g/mol. The van der Waals surface area contributed by atoms with Crippen LogP contribution in [0.1, 0.15) is 62.4 Å². The first-order chi connectivity index (χ1) is 23.4. The summed E-state index contributed by atoms with van der Waals surface area (Å²) in [6.07, 6.45) is 6.35. The molecule has 2 atom stereocenters. The van der Waals surface area contributed by atoms with Crippen molar-refractivity contribution in [3.63, 3.8) is 0 Å². The molecule has 3 aliphatic heterocycles. The number of carbonyl (C=O) groups is 1. The van der Waals surface area contributed by atoms with Crippen molar-refractivity contribution >= 4 is 27.0 Å². The number of hydrogen-bond donors (Lipinski definition) is 1. The summed E-state index contributed by atoms with van der Waals surface area (Å²) in [7, 11) is -4.46. The molecule has 0 aliphatic carbocycles. The highest BCUT2D eigenvalue weighted by atomic mass is 32.2. The zero-order valence-electron chi connectivity index (χ0n) is 27.3. The van der Waals surface area contributed by atoms with E-state index in [1.54, 1.807) is 17.0 Å². The number of halogens is 3. The molecular formula is C36H40F3N5O4S. The van der Waals surface area contributed by atoms with E-state index in [1.165, 1.54) is 11.6 Å². The average Bonchev–Trinajstić information content (AvgIpc) is 3.53. The lowest BCUT2D eigenvalue weighted by atomic mass is 9.70. The molecular weight excluding hydrogens is 655 g/mol. The summed E-state index contributed by atoms with van der Waals surface area (Å²) in [6.45, 7) is 2.96. The van der Waals surface area contributed by atoms with Crippen molar-refractivity contribution in [3.8, 4) is 5.75 Å². The Balaban J connectivity index is 1.03. The molecule has 1 aromatic heterocycles. The van der Waals surface area contributed by atoms with Crippen LogP contribution in [0.25, 0.3) is 11.0 Å². The van der Waals surface area contributed by atoms with Gasteiger partial charge >= 0.3 is 0 Å². The van der Waals surface area contributed by atoms with E-state index >= 15 is 0 Å². The third kappa shape index (κ3) is 6.43. The maximum atomic E-state index is 14.7. The van der Waals surface area contributed by atoms with Crippen LogP contribution in [0.15, 0.2) is 65.6 Å². The summed E-state index contributed by atoms with van der Waals surface area (Å²) in [5.41, 5.74) is 2.75. The maximum absolute atomic E-state index is 14.7. The molecule has 1 amide bonds. The van der Waals surface area contributed by atoms with Gasteiger partial charge in [0, 0.05) is 31.2 Å². The van der Waals surface area contributed by atoms with Gasteiger partial charge < -0.3 is 14.2 Å². The van der Waals surface area contributed by atoms with Gasteiger partial charge in [-0.2, -0.15) is 0 Å². The predicted molar refractivity (Wildman–Crippen MR) is 178 cm³/mol. The van der Waals surface area contributed by atoms with Crippen molar-refractivity contribution in [1.82, 2.24) is 19.4 Å². The Morgan fingerprint density at radius 3 is 2.39 bits per heavy atom. The lowest BCUT2D eigenvalue weighted by Crippen LogP contribution is -2.49. The first-order valence-corrected chi connectivity index (χ1v) is 18.3. The molecule has 0 radical (unpaired) electrons. The zero-order valence-corrected chi connectivity index (χ0v) is 28.1. The molecule has 7 rings (SSSR count). The fourth-order valence-corrected chi connectivity index (χ4v) is 9.17. The fourth-order valence-electron chi connectivity index (χ4n) is 8.57. The third-order valence-corrected chi connectivity index (χ3v) is 11.9. The smallest absolute Gasteiger partial charge is 0.260 e. The second-order valence-electron chi connectivity index (χ2n) is 13.7. The van der Waals surface area contributed by atoms with Gasteiger partial charge in [-0.25, -0.2) is 31.7 Å². The van der Waals surface area contributed by atoms with Crippen LogP contribution in [-0.4, -0.2) is 72.0 Å². The predicted octanol–water partition coefficient (Wildman–Crippen LogP) is 5.61.